The van der Waals surface area contributed by atoms with Gasteiger partial charge in [0.1, 0.15) is 11.8 Å². The Morgan fingerprint density at radius 3 is 2.79 bits per heavy atom. The van der Waals surface area contributed by atoms with Crippen LogP contribution in [0, 0.1) is 0 Å². The van der Waals surface area contributed by atoms with Crippen LogP contribution in [-0.2, 0) is 0 Å². The van der Waals surface area contributed by atoms with Crippen molar-refractivity contribution in [3.8, 4) is 11.5 Å². The number of aromatic nitrogens is 1. The van der Waals surface area contributed by atoms with Crippen LogP contribution in [0.2, 0.25) is 10.0 Å². The Morgan fingerprint density at radius 2 is 2.00 bits per heavy atom. The number of hydrogen-bond acceptors (Lipinski definition) is 3. The number of rotatable bonds is 2. The van der Waals surface area contributed by atoms with Crippen LogP contribution in [0.5, 0.6) is 0 Å². The highest BCUT2D eigenvalue weighted by Gasteiger charge is 2.12. The van der Waals surface area contributed by atoms with Crippen LogP contribution in [0.3, 0.4) is 0 Å². The first-order valence-electron chi connectivity index (χ1n) is 5.48. The zero-order valence-corrected chi connectivity index (χ0v) is 11.1. The van der Waals surface area contributed by atoms with Gasteiger partial charge in [-0.25, -0.2) is 4.98 Å². The molecule has 3 rings (SSSR count). The zero-order valence-electron chi connectivity index (χ0n) is 9.56. The molecule has 94 valence electrons. The van der Waals surface area contributed by atoms with Gasteiger partial charge in [0.2, 0.25) is 5.89 Å². The lowest BCUT2D eigenvalue weighted by Crippen LogP contribution is -1.82. The summed E-state index contributed by atoms with van der Waals surface area (Å²) in [6, 6.07) is 10.3. The van der Waals surface area contributed by atoms with E-state index in [2.05, 4.69) is 4.98 Å². The summed E-state index contributed by atoms with van der Waals surface area (Å²) in [5.74, 6) is 0.405. The van der Waals surface area contributed by atoms with Crippen molar-refractivity contribution in [1.82, 2.24) is 4.98 Å². The van der Waals surface area contributed by atoms with Gasteiger partial charge in [0, 0.05) is 16.1 Å². The molecule has 3 aromatic rings. The summed E-state index contributed by atoms with van der Waals surface area (Å²) in [6.45, 7) is 0. The number of carbonyl (C=O) groups is 1. The molecule has 0 aliphatic carbocycles. The van der Waals surface area contributed by atoms with Crippen molar-refractivity contribution >= 4 is 40.6 Å². The number of carbonyl (C=O) groups excluding carboxylic acids is 1. The minimum absolute atomic E-state index is 0.405. The van der Waals surface area contributed by atoms with E-state index in [4.69, 9.17) is 27.6 Å². The second-order valence-corrected chi connectivity index (χ2v) is 4.84. The summed E-state index contributed by atoms with van der Waals surface area (Å²) >= 11 is 12.0. The molecule has 0 aliphatic rings. The van der Waals surface area contributed by atoms with Gasteiger partial charge in [0.05, 0.1) is 5.02 Å². The Bertz CT molecular complexity index is 780. The maximum Gasteiger partial charge on any atom is 0.227 e. The van der Waals surface area contributed by atoms with E-state index in [1.54, 1.807) is 30.3 Å². The van der Waals surface area contributed by atoms with Gasteiger partial charge in [-0.15, -0.1) is 0 Å². The van der Waals surface area contributed by atoms with E-state index in [-0.39, 0.29) is 0 Å². The Kier molecular flexibility index (Phi) is 3.01. The molecular formula is C14H7Cl2NO2. The molecule has 0 N–H and O–H groups in total. The summed E-state index contributed by atoms with van der Waals surface area (Å²) in [6.07, 6.45) is 0.774. The van der Waals surface area contributed by atoms with Crippen molar-refractivity contribution in [1.29, 1.82) is 0 Å². The number of benzene rings is 2. The number of fused-ring (bicyclic) bond motifs is 1. The summed E-state index contributed by atoms with van der Waals surface area (Å²) in [5.41, 5.74) is 2.35. The van der Waals surface area contributed by atoms with Gasteiger partial charge in [0.25, 0.3) is 0 Å². The lowest BCUT2D eigenvalue weighted by atomic mass is 10.1. The Balaban J connectivity index is 2.20. The van der Waals surface area contributed by atoms with Crippen LogP contribution in [-0.4, -0.2) is 11.3 Å². The molecule has 5 heteroatoms. The predicted octanol–water partition coefficient (Wildman–Crippen LogP) is 4.61. The molecule has 0 saturated carbocycles. The van der Waals surface area contributed by atoms with Gasteiger partial charge in [-0.2, -0.15) is 0 Å². The molecule has 0 spiro atoms. The summed E-state index contributed by atoms with van der Waals surface area (Å²) in [7, 11) is 0. The van der Waals surface area contributed by atoms with Crippen LogP contribution in [0.1, 0.15) is 10.4 Å². The number of halogens is 2. The van der Waals surface area contributed by atoms with E-state index in [0.717, 1.165) is 6.29 Å². The van der Waals surface area contributed by atoms with Crippen LogP contribution in [0.25, 0.3) is 22.6 Å². The van der Waals surface area contributed by atoms with Gasteiger partial charge in [-0.3, -0.25) is 4.79 Å². The average Bonchev–Trinajstić information content (AvgIpc) is 2.83. The molecule has 19 heavy (non-hydrogen) atoms. The van der Waals surface area contributed by atoms with Crippen molar-refractivity contribution in [3.63, 3.8) is 0 Å². The minimum atomic E-state index is 0.405. The molecule has 1 heterocycles. The van der Waals surface area contributed by atoms with Crippen molar-refractivity contribution in [3.05, 3.63) is 52.0 Å². The molecule has 0 aliphatic heterocycles. The lowest BCUT2D eigenvalue weighted by Gasteiger charge is -1.95. The normalized spacial score (nSPS) is 10.8. The van der Waals surface area contributed by atoms with Crippen LogP contribution < -0.4 is 0 Å². The van der Waals surface area contributed by atoms with E-state index in [0.29, 0.717) is 38.2 Å². The monoisotopic (exact) mass is 291 g/mol. The fraction of sp³-hybridized carbons (Fsp3) is 0. The topological polar surface area (TPSA) is 43.1 Å². The number of nitrogens with zero attached hydrogens (tertiary/aromatic N) is 1. The van der Waals surface area contributed by atoms with Crippen molar-refractivity contribution < 1.29 is 9.21 Å². The van der Waals surface area contributed by atoms with Crippen molar-refractivity contribution in [2.24, 2.45) is 0 Å². The van der Waals surface area contributed by atoms with Crippen LogP contribution in [0.4, 0.5) is 0 Å². The largest absolute Gasteiger partial charge is 0.435 e. The van der Waals surface area contributed by atoms with Crippen LogP contribution in [0.15, 0.2) is 40.8 Å². The minimum Gasteiger partial charge on any atom is -0.435 e. The Hall–Kier alpha value is -1.84. The first-order valence-corrected chi connectivity index (χ1v) is 6.24. The first kappa shape index (κ1) is 12.2. The second kappa shape index (κ2) is 4.68. The van der Waals surface area contributed by atoms with Gasteiger partial charge in [0.15, 0.2) is 5.58 Å². The highest BCUT2D eigenvalue weighted by Crippen LogP contribution is 2.31. The second-order valence-electron chi connectivity index (χ2n) is 4.00. The van der Waals surface area contributed by atoms with Gasteiger partial charge < -0.3 is 4.42 Å². The standard InChI is InChI=1S/C14H7Cl2NO2/c15-10-5-11(16)13-12(6-10)17-14(19-13)9-3-1-2-8(4-9)7-18/h1-7H. The molecule has 0 fully saturated rings. The smallest absolute Gasteiger partial charge is 0.227 e. The third-order valence-corrected chi connectivity index (χ3v) is 3.18. The van der Waals surface area contributed by atoms with Gasteiger partial charge >= 0.3 is 0 Å². The number of aldehydes is 1. The Morgan fingerprint density at radius 1 is 1.16 bits per heavy atom. The molecule has 0 amide bonds. The maximum absolute atomic E-state index is 10.8. The number of hydrogen-bond donors (Lipinski definition) is 0. The maximum atomic E-state index is 10.8. The van der Waals surface area contributed by atoms with Crippen molar-refractivity contribution in [2.45, 2.75) is 0 Å². The highest BCUT2D eigenvalue weighted by atomic mass is 35.5. The van der Waals surface area contributed by atoms with Crippen LogP contribution >= 0.6 is 23.2 Å². The summed E-state index contributed by atoms with van der Waals surface area (Å²) in [5, 5.41) is 0.909. The van der Waals surface area contributed by atoms with Gasteiger partial charge in [-0.1, -0.05) is 35.3 Å². The molecule has 2 aromatic carbocycles. The van der Waals surface area contributed by atoms with Crippen molar-refractivity contribution in [2.75, 3.05) is 0 Å². The molecule has 0 unspecified atom stereocenters. The molecule has 0 bridgehead atoms. The van der Waals surface area contributed by atoms with E-state index >= 15 is 0 Å². The average molecular weight is 292 g/mol. The zero-order chi connectivity index (χ0) is 13.4. The molecular weight excluding hydrogens is 285 g/mol. The van der Waals surface area contributed by atoms with E-state index < -0.39 is 0 Å². The van der Waals surface area contributed by atoms with E-state index in [9.17, 15) is 4.79 Å². The van der Waals surface area contributed by atoms with Gasteiger partial charge in [-0.05, 0) is 24.3 Å². The molecule has 3 nitrogen and oxygen atoms in total. The fourth-order valence-electron chi connectivity index (χ4n) is 1.83. The molecule has 0 atom stereocenters. The number of oxazole rings is 1. The predicted molar refractivity (Wildman–Crippen MR) is 74.9 cm³/mol. The highest BCUT2D eigenvalue weighted by molar-refractivity contribution is 6.38. The third-order valence-electron chi connectivity index (χ3n) is 2.68. The quantitative estimate of drug-likeness (QED) is 0.647. The summed E-state index contributed by atoms with van der Waals surface area (Å²) in [4.78, 5) is 15.1. The molecule has 0 saturated heterocycles. The lowest BCUT2D eigenvalue weighted by molar-refractivity contribution is 0.112. The first-order chi connectivity index (χ1) is 9.17. The summed E-state index contributed by atoms with van der Waals surface area (Å²) < 4.78 is 5.62. The molecule has 0 radical (unpaired) electrons. The molecule has 1 aromatic heterocycles. The Labute approximate surface area is 118 Å². The third kappa shape index (κ3) is 2.23. The van der Waals surface area contributed by atoms with E-state index in [1.807, 2.05) is 6.07 Å². The van der Waals surface area contributed by atoms with E-state index in [1.165, 1.54) is 0 Å². The fourth-order valence-corrected chi connectivity index (χ4v) is 2.35. The SMILES string of the molecule is O=Cc1cccc(-c2nc3cc(Cl)cc(Cl)c3o2)c1.